The number of aliphatic hydroxyl groups is 1. The number of aliphatic carboxylic acids is 1. The third-order valence-corrected chi connectivity index (χ3v) is 2.16. The van der Waals surface area contributed by atoms with Crippen LogP contribution in [0.2, 0.25) is 0 Å². The lowest BCUT2D eigenvalue weighted by molar-refractivity contribution is -0.143. The van der Waals surface area contributed by atoms with Gasteiger partial charge in [-0.2, -0.15) is 0 Å². The summed E-state index contributed by atoms with van der Waals surface area (Å²) in [4.78, 5) is 22.4. The van der Waals surface area contributed by atoms with Gasteiger partial charge in [-0.15, -0.1) is 6.58 Å². The van der Waals surface area contributed by atoms with E-state index in [4.69, 9.17) is 5.11 Å². The molecule has 0 spiro atoms. The molecular formula is C12H21NO4. The third-order valence-electron chi connectivity index (χ3n) is 2.16. The van der Waals surface area contributed by atoms with Crippen LogP contribution in [0.4, 0.5) is 0 Å². The van der Waals surface area contributed by atoms with Crippen molar-refractivity contribution in [2.24, 2.45) is 5.92 Å². The Morgan fingerprint density at radius 3 is 2.24 bits per heavy atom. The lowest BCUT2D eigenvalue weighted by Gasteiger charge is -2.18. The lowest BCUT2D eigenvalue weighted by Crippen LogP contribution is -2.45. The maximum Gasteiger partial charge on any atom is 0.326 e. The van der Waals surface area contributed by atoms with Gasteiger partial charge in [0.1, 0.15) is 12.1 Å². The van der Waals surface area contributed by atoms with Crippen molar-refractivity contribution in [3.8, 4) is 0 Å². The lowest BCUT2D eigenvalue weighted by atomic mass is 10.0. The maximum atomic E-state index is 11.5. The molecule has 1 amide bonds. The van der Waals surface area contributed by atoms with Gasteiger partial charge in [0.2, 0.25) is 5.91 Å². The van der Waals surface area contributed by atoms with E-state index in [1.165, 1.54) is 0 Å². The van der Waals surface area contributed by atoms with Crippen LogP contribution < -0.4 is 5.32 Å². The van der Waals surface area contributed by atoms with Crippen LogP contribution in [0, 0.1) is 5.92 Å². The first-order valence-electron chi connectivity index (χ1n) is 5.59. The van der Waals surface area contributed by atoms with Crippen LogP contribution in [0.25, 0.3) is 0 Å². The molecule has 0 saturated carbocycles. The molecule has 98 valence electrons. The Morgan fingerprint density at radius 1 is 1.35 bits per heavy atom. The van der Waals surface area contributed by atoms with Gasteiger partial charge < -0.3 is 15.5 Å². The van der Waals surface area contributed by atoms with Crippen LogP contribution >= 0.6 is 0 Å². The smallest absolute Gasteiger partial charge is 0.326 e. The number of hydrogen-bond donors (Lipinski definition) is 3. The molecule has 0 aliphatic rings. The first kappa shape index (κ1) is 15.6. The van der Waals surface area contributed by atoms with Crippen molar-refractivity contribution in [1.82, 2.24) is 5.32 Å². The number of amides is 1. The van der Waals surface area contributed by atoms with Crippen LogP contribution in [-0.2, 0) is 9.59 Å². The van der Waals surface area contributed by atoms with Crippen LogP contribution in [-0.4, -0.2) is 34.2 Å². The minimum Gasteiger partial charge on any atom is -0.480 e. The second-order valence-corrected chi connectivity index (χ2v) is 4.71. The number of hydrogen-bond acceptors (Lipinski definition) is 3. The SMILES string of the molecule is C=C(C)C[C@@H](NC(=O)[C@H](O)CC(C)C)C(=O)O. The summed E-state index contributed by atoms with van der Waals surface area (Å²) in [6.45, 7) is 9.04. The van der Waals surface area contributed by atoms with E-state index in [1.807, 2.05) is 13.8 Å². The predicted octanol–water partition coefficient (Wildman–Crippen LogP) is 0.929. The monoisotopic (exact) mass is 243 g/mol. The average Bonchev–Trinajstić information content (AvgIpc) is 2.14. The summed E-state index contributed by atoms with van der Waals surface area (Å²) in [6, 6.07) is -1.03. The fourth-order valence-corrected chi connectivity index (χ4v) is 1.37. The number of aliphatic hydroxyl groups excluding tert-OH is 1. The molecule has 0 aliphatic carbocycles. The first-order chi connectivity index (χ1) is 7.73. The summed E-state index contributed by atoms with van der Waals surface area (Å²) >= 11 is 0. The van der Waals surface area contributed by atoms with Gasteiger partial charge in [-0.3, -0.25) is 4.79 Å². The molecule has 0 saturated heterocycles. The largest absolute Gasteiger partial charge is 0.480 e. The highest BCUT2D eigenvalue weighted by atomic mass is 16.4. The summed E-state index contributed by atoms with van der Waals surface area (Å²) < 4.78 is 0. The van der Waals surface area contributed by atoms with E-state index in [-0.39, 0.29) is 12.3 Å². The molecule has 5 heteroatoms. The Morgan fingerprint density at radius 2 is 1.88 bits per heavy atom. The van der Waals surface area contributed by atoms with Crippen molar-refractivity contribution in [3.63, 3.8) is 0 Å². The van der Waals surface area contributed by atoms with E-state index in [2.05, 4.69) is 11.9 Å². The molecule has 0 heterocycles. The quantitative estimate of drug-likeness (QED) is 0.580. The van der Waals surface area contributed by atoms with Gasteiger partial charge in [0.25, 0.3) is 0 Å². The molecule has 0 aromatic heterocycles. The third kappa shape index (κ3) is 6.73. The minimum absolute atomic E-state index is 0.162. The zero-order valence-corrected chi connectivity index (χ0v) is 10.6. The Kier molecular flexibility index (Phi) is 6.50. The van der Waals surface area contributed by atoms with Crippen LogP contribution in [0.5, 0.6) is 0 Å². The van der Waals surface area contributed by atoms with Crippen molar-refractivity contribution >= 4 is 11.9 Å². The molecule has 5 nitrogen and oxygen atoms in total. The molecule has 0 radical (unpaired) electrons. The van der Waals surface area contributed by atoms with Gasteiger partial charge in [-0.05, 0) is 25.7 Å². The highest BCUT2D eigenvalue weighted by Crippen LogP contribution is 2.07. The Hall–Kier alpha value is -1.36. The van der Waals surface area contributed by atoms with E-state index >= 15 is 0 Å². The number of carboxylic acids is 1. The fraction of sp³-hybridized carbons (Fsp3) is 0.667. The molecule has 2 atom stereocenters. The van der Waals surface area contributed by atoms with Crippen LogP contribution in [0.3, 0.4) is 0 Å². The summed E-state index contributed by atoms with van der Waals surface area (Å²) in [7, 11) is 0. The van der Waals surface area contributed by atoms with Crippen LogP contribution in [0.1, 0.15) is 33.6 Å². The van der Waals surface area contributed by atoms with Gasteiger partial charge in [-0.25, -0.2) is 4.79 Å². The second-order valence-electron chi connectivity index (χ2n) is 4.71. The van der Waals surface area contributed by atoms with Gasteiger partial charge >= 0.3 is 5.97 Å². The minimum atomic E-state index is -1.16. The molecule has 17 heavy (non-hydrogen) atoms. The van der Waals surface area contributed by atoms with Crippen molar-refractivity contribution in [2.45, 2.75) is 45.8 Å². The zero-order valence-electron chi connectivity index (χ0n) is 10.6. The number of carbonyl (C=O) groups is 2. The van der Waals surface area contributed by atoms with E-state index in [0.717, 1.165) is 0 Å². The Labute approximate surface area is 102 Å². The number of carbonyl (C=O) groups excluding carboxylic acids is 1. The normalized spacial score (nSPS) is 14.2. The van der Waals surface area contributed by atoms with Gasteiger partial charge in [0.15, 0.2) is 0 Å². The van der Waals surface area contributed by atoms with Gasteiger partial charge in [-0.1, -0.05) is 19.4 Å². The topological polar surface area (TPSA) is 86.6 Å². The van der Waals surface area contributed by atoms with E-state index in [0.29, 0.717) is 12.0 Å². The molecular weight excluding hydrogens is 222 g/mol. The summed E-state index contributed by atoms with van der Waals surface area (Å²) in [6.07, 6.45) is -0.692. The second kappa shape index (κ2) is 7.06. The average molecular weight is 243 g/mol. The number of rotatable bonds is 7. The molecule has 0 bridgehead atoms. The summed E-state index contributed by atoms with van der Waals surface area (Å²) in [5, 5.41) is 20.7. The van der Waals surface area contributed by atoms with Crippen molar-refractivity contribution in [1.29, 1.82) is 0 Å². The van der Waals surface area contributed by atoms with Crippen molar-refractivity contribution < 1.29 is 19.8 Å². The Bertz CT molecular complexity index is 299. The number of nitrogens with one attached hydrogen (secondary N) is 1. The predicted molar refractivity (Wildman–Crippen MR) is 64.5 cm³/mol. The van der Waals surface area contributed by atoms with E-state index in [9.17, 15) is 14.7 Å². The highest BCUT2D eigenvalue weighted by Gasteiger charge is 2.24. The van der Waals surface area contributed by atoms with Gasteiger partial charge in [0, 0.05) is 0 Å². The Balaban J connectivity index is 4.39. The molecule has 0 unspecified atom stereocenters. The standard InChI is InChI=1S/C12H21NO4/c1-7(2)5-9(12(16)17)13-11(15)10(14)6-8(3)4/h8-10,14H,1,5-6H2,2-4H3,(H,13,15)(H,16,17)/t9-,10-/m1/s1. The first-order valence-corrected chi connectivity index (χ1v) is 5.59. The molecule has 0 aromatic rings. The highest BCUT2D eigenvalue weighted by molar-refractivity contribution is 5.86. The molecule has 0 fully saturated rings. The van der Waals surface area contributed by atoms with E-state index < -0.39 is 24.0 Å². The fourth-order valence-electron chi connectivity index (χ4n) is 1.37. The maximum absolute atomic E-state index is 11.5. The van der Waals surface area contributed by atoms with Crippen molar-refractivity contribution in [3.05, 3.63) is 12.2 Å². The zero-order chi connectivity index (χ0) is 13.6. The molecule has 0 rings (SSSR count). The summed E-state index contributed by atoms with van der Waals surface area (Å²) in [5.74, 6) is -1.61. The van der Waals surface area contributed by atoms with E-state index in [1.54, 1.807) is 6.92 Å². The molecule has 0 aromatic carbocycles. The van der Waals surface area contributed by atoms with Crippen LogP contribution in [0.15, 0.2) is 12.2 Å². The molecule has 0 aliphatic heterocycles. The van der Waals surface area contributed by atoms with Crippen molar-refractivity contribution in [2.75, 3.05) is 0 Å². The molecule has 3 N–H and O–H groups in total. The number of carboxylic acid groups (broad SMARTS) is 1. The van der Waals surface area contributed by atoms with Gasteiger partial charge in [0.05, 0.1) is 0 Å². The summed E-state index contributed by atoms with van der Waals surface area (Å²) in [5.41, 5.74) is 0.663.